The van der Waals surface area contributed by atoms with E-state index >= 15 is 0 Å². The number of nitrogens with two attached hydrogens (primary N) is 1. The molecule has 0 spiro atoms. The number of nitrogen functional groups attached to an aromatic ring is 1. The maximum absolute atomic E-state index is 5.78. The zero-order valence-electron chi connectivity index (χ0n) is 10.5. The summed E-state index contributed by atoms with van der Waals surface area (Å²) in [6.45, 7) is 4.59. The molecular weight excluding hydrogens is 248 g/mol. The van der Waals surface area contributed by atoms with Crippen molar-refractivity contribution in [2.24, 2.45) is 0 Å². The zero-order chi connectivity index (χ0) is 13.0. The molecule has 2 heterocycles. The molecule has 18 heavy (non-hydrogen) atoms. The van der Waals surface area contributed by atoms with Crippen molar-refractivity contribution in [3.8, 4) is 5.88 Å². The fraction of sp³-hybridized carbons (Fsp3) is 0.417. The van der Waals surface area contributed by atoms with Gasteiger partial charge in [0.15, 0.2) is 0 Å². The third kappa shape index (κ3) is 2.76. The van der Waals surface area contributed by atoms with Gasteiger partial charge < -0.3 is 10.5 Å². The van der Waals surface area contributed by atoms with Gasteiger partial charge in [-0.1, -0.05) is 6.92 Å². The average molecular weight is 264 g/mol. The fourth-order valence-corrected chi connectivity index (χ4v) is 2.43. The summed E-state index contributed by atoms with van der Waals surface area (Å²) < 4.78 is 5.68. The van der Waals surface area contributed by atoms with Crippen molar-refractivity contribution in [1.29, 1.82) is 0 Å². The molecule has 5 nitrogen and oxygen atoms in total. The lowest BCUT2D eigenvalue weighted by Crippen LogP contribution is -2.07. The van der Waals surface area contributed by atoms with Gasteiger partial charge in [0.1, 0.15) is 12.1 Å². The monoisotopic (exact) mass is 264 g/mol. The Balaban J connectivity index is 1.98. The van der Waals surface area contributed by atoms with E-state index in [4.69, 9.17) is 10.5 Å². The first-order valence-electron chi connectivity index (χ1n) is 5.83. The van der Waals surface area contributed by atoms with E-state index in [0.29, 0.717) is 18.3 Å². The van der Waals surface area contributed by atoms with Crippen molar-refractivity contribution in [2.45, 2.75) is 26.7 Å². The van der Waals surface area contributed by atoms with Crippen LogP contribution >= 0.6 is 11.3 Å². The normalized spacial score (nSPS) is 10.6. The largest absolute Gasteiger partial charge is 0.477 e. The lowest BCUT2D eigenvalue weighted by molar-refractivity contribution is 0.306. The van der Waals surface area contributed by atoms with Crippen molar-refractivity contribution >= 4 is 17.2 Å². The molecule has 0 aliphatic rings. The molecule has 2 N–H and O–H groups in total. The predicted octanol–water partition coefficient (Wildman–Crippen LogP) is 2.01. The predicted molar refractivity (Wildman–Crippen MR) is 71.9 cm³/mol. The quantitative estimate of drug-likeness (QED) is 0.894. The number of aromatic nitrogens is 3. The summed E-state index contributed by atoms with van der Waals surface area (Å²) in [6, 6.07) is 0. The standard InChI is InChI=1S/C12H16N4OS/c1-3-9-11(13)14-6-15-12(9)17-5-4-10-8(2)16-7-18-10/h6-7H,3-5H2,1-2H3,(H2,13,14,15). The van der Waals surface area contributed by atoms with Gasteiger partial charge in [-0.15, -0.1) is 11.3 Å². The van der Waals surface area contributed by atoms with Crippen LogP contribution in [0, 0.1) is 6.92 Å². The molecule has 0 saturated heterocycles. The van der Waals surface area contributed by atoms with Gasteiger partial charge in [0.2, 0.25) is 5.88 Å². The highest BCUT2D eigenvalue weighted by Crippen LogP contribution is 2.20. The number of hydrogen-bond acceptors (Lipinski definition) is 6. The van der Waals surface area contributed by atoms with Gasteiger partial charge in [0.05, 0.1) is 23.4 Å². The second kappa shape index (κ2) is 5.77. The minimum absolute atomic E-state index is 0.497. The van der Waals surface area contributed by atoms with Crippen LogP contribution in [0.3, 0.4) is 0 Å². The number of aryl methyl sites for hydroxylation is 1. The molecule has 2 aromatic rings. The molecule has 0 atom stereocenters. The lowest BCUT2D eigenvalue weighted by Gasteiger charge is -2.09. The molecule has 0 amide bonds. The van der Waals surface area contributed by atoms with Crippen LogP contribution < -0.4 is 10.5 Å². The van der Waals surface area contributed by atoms with E-state index < -0.39 is 0 Å². The Morgan fingerprint density at radius 3 is 2.83 bits per heavy atom. The molecule has 96 valence electrons. The molecule has 0 aromatic carbocycles. The molecule has 0 aliphatic heterocycles. The zero-order valence-corrected chi connectivity index (χ0v) is 11.3. The van der Waals surface area contributed by atoms with E-state index in [2.05, 4.69) is 15.0 Å². The first-order valence-corrected chi connectivity index (χ1v) is 6.71. The van der Waals surface area contributed by atoms with Crippen molar-refractivity contribution in [1.82, 2.24) is 15.0 Å². The van der Waals surface area contributed by atoms with Crippen molar-refractivity contribution in [2.75, 3.05) is 12.3 Å². The lowest BCUT2D eigenvalue weighted by atomic mass is 10.2. The number of nitrogens with zero attached hydrogens (tertiary/aromatic N) is 3. The van der Waals surface area contributed by atoms with Crippen LogP contribution in [0.5, 0.6) is 5.88 Å². The Morgan fingerprint density at radius 2 is 2.17 bits per heavy atom. The summed E-state index contributed by atoms with van der Waals surface area (Å²) in [5, 5.41) is 0. The van der Waals surface area contributed by atoms with Gasteiger partial charge in [-0.05, 0) is 13.3 Å². The second-order valence-corrected chi connectivity index (χ2v) is 4.79. The molecule has 0 saturated carbocycles. The highest BCUT2D eigenvalue weighted by molar-refractivity contribution is 7.09. The van der Waals surface area contributed by atoms with Gasteiger partial charge in [0.25, 0.3) is 0 Å². The molecular formula is C12H16N4OS. The summed E-state index contributed by atoms with van der Waals surface area (Å²) in [5.41, 5.74) is 9.58. The highest BCUT2D eigenvalue weighted by Gasteiger charge is 2.09. The van der Waals surface area contributed by atoms with Crippen molar-refractivity contribution in [3.63, 3.8) is 0 Å². The number of thiazole rings is 1. The van der Waals surface area contributed by atoms with E-state index in [1.165, 1.54) is 11.2 Å². The molecule has 0 radical (unpaired) electrons. The van der Waals surface area contributed by atoms with E-state index in [0.717, 1.165) is 24.1 Å². The van der Waals surface area contributed by atoms with E-state index in [1.54, 1.807) is 11.3 Å². The molecule has 0 fully saturated rings. The van der Waals surface area contributed by atoms with Crippen LogP contribution in [-0.4, -0.2) is 21.6 Å². The summed E-state index contributed by atoms with van der Waals surface area (Å²) in [4.78, 5) is 13.5. The molecule has 0 bridgehead atoms. The average Bonchev–Trinajstić information content (AvgIpc) is 2.75. The van der Waals surface area contributed by atoms with Gasteiger partial charge in [-0.2, -0.15) is 0 Å². The van der Waals surface area contributed by atoms with Crippen LogP contribution in [0.2, 0.25) is 0 Å². The fourth-order valence-electron chi connectivity index (χ4n) is 1.67. The number of rotatable bonds is 5. The first kappa shape index (κ1) is 12.8. The molecule has 2 aromatic heterocycles. The van der Waals surface area contributed by atoms with Crippen LogP contribution in [0.25, 0.3) is 0 Å². The molecule has 2 rings (SSSR count). The van der Waals surface area contributed by atoms with Crippen molar-refractivity contribution < 1.29 is 4.74 Å². The van der Waals surface area contributed by atoms with Crippen LogP contribution in [0.1, 0.15) is 23.1 Å². The van der Waals surface area contributed by atoms with Crippen molar-refractivity contribution in [3.05, 3.63) is 28.0 Å². The number of hydrogen-bond donors (Lipinski definition) is 1. The topological polar surface area (TPSA) is 73.9 Å². The van der Waals surface area contributed by atoms with Crippen LogP contribution in [-0.2, 0) is 12.8 Å². The Labute approximate surface area is 110 Å². The Bertz CT molecular complexity index is 527. The summed E-state index contributed by atoms with van der Waals surface area (Å²) in [5.74, 6) is 1.09. The smallest absolute Gasteiger partial charge is 0.221 e. The third-order valence-electron chi connectivity index (χ3n) is 2.71. The van der Waals surface area contributed by atoms with Gasteiger partial charge >= 0.3 is 0 Å². The Kier molecular flexibility index (Phi) is 4.09. The summed E-state index contributed by atoms with van der Waals surface area (Å²) >= 11 is 1.65. The molecule has 0 aliphatic carbocycles. The Morgan fingerprint density at radius 1 is 1.33 bits per heavy atom. The van der Waals surface area contributed by atoms with Gasteiger partial charge in [-0.25, -0.2) is 15.0 Å². The minimum Gasteiger partial charge on any atom is -0.477 e. The number of anilines is 1. The summed E-state index contributed by atoms with van der Waals surface area (Å²) in [6.07, 6.45) is 3.03. The van der Waals surface area contributed by atoms with Gasteiger partial charge in [-0.3, -0.25) is 0 Å². The maximum Gasteiger partial charge on any atom is 0.221 e. The van der Waals surface area contributed by atoms with E-state index in [1.807, 2.05) is 19.4 Å². The first-order chi connectivity index (χ1) is 8.72. The van der Waals surface area contributed by atoms with Crippen LogP contribution in [0.4, 0.5) is 5.82 Å². The maximum atomic E-state index is 5.78. The third-order valence-corrected chi connectivity index (χ3v) is 3.70. The Hall–Kier alpha value is -1.69. The van der Waals surface area contributed by atoms with E-state index in [-0.39, 0.29) is 0 Å². The molecule has 0 unspecified atom stereocenters. The SMILES string of the molecule is CCc1c(N)ncnc1OCCc1scnc1C. The highest BCUT2D eigenvalue weighted by atomic mass is 32.1. The molecule has 6 heteroatoms. The minimum atomic E-state index is 0.497. The van der Waals surface area contributed by atoms with Crippen LogP contribution in [0.15, 0.2) is 11.8 Å². The van der Waals surface area contributed by atoms with E-state index in [9.17, 15) is 0 Å². The second-order valence-electron chi connectivity index (χ2n) is 3.86. The summed E-state index contributed by atoms with van der Waals surface area (Å²) in [7, 11) is 0. The number of ether oxygens (including phenoxy) is 1. The van der Waals surface area contributed by atoms with Gasteiger partial charge in [0, 0.05) is 11.3 Å².